The normalized spacial score (nSPS) is 10.7. The van der Waals surface area contributed by atoms with Gasteiger partial charge in [-0.05, 0) is 37.6 Å². The van der Waals surface area contributed by atoms with E-state index >= 15 is 0 Å². The highest BCUT2D eigenvalue weighted by atomic mass is 16.5. The molecule has 4 heteroatoms. The van der Waals surface area contributed by atoms with Gasteiger partial charge in [0.1, 0.15) is 12.4 Å². The van der Waals surface area contributed by atoms with Crippen molar-refractivity contribution < 1.29 is 4.74 Å². The third-order valence-electron chi connectivity index (χ3n) is 3.18. The summed E-state index contributed by atoms with van der Waals surface area (Å²) in [5.41, 5.74) is 2.35. The van der Waals surface area contributed by atoms with E-state index in [9.17, 15) is 0 Å². The first-order valence-corrected chi connectivity index (χ1v) is 7.25. The SMILES string of the molecule is CCCNCc1cccc(OCc2cncn2CC)c1. The minimum Gasteiger partial charge on any atom is -0.487 e. The monoisotopic (exact) mass is 273 g/mol. The van der Waals surface area contributed by atoms with E-state index < -0.39 is 0 Å². The lowest BCUT2D eigenvalue weighted by atomic mass is 10.2. The zero-order valence-electron chi connectivity index (χ0n) is 12.3. The van der Waals surface area contributed by atoms with Crippen LogP contribution in [-0.4, -0.2) is 16.1 Å². The molecule has 0 aliphatic heterocycles. The molecule has 2 aromatic rings. The summed E-state index contributed by atoms with van der Waals surface area (Å²) < 4.78 is 7.94. The van der Waals surface area contributed by atoms with E-state index in [1.54, 1.807) is 0 Å². The molecule has 0 fully saturated rings. The van der Waals surface area contributed by atoms with Gasteiger partial charge in [-0.3, -0.25) is 0 Å². The number of ether oxygens (including phenoxy) is 1. The van der Waals surface area contributed by atoms with Crippen LogP contribution in [0.5, 0.6) is 5.75 Å². The average Bonchev–Trinajstić information content (AvgIpc) is 2.93. The first-order chi connectivity index (χ1) is 9.83. The third kappa shape index (κ3) is 4.10. The Kier molecular flexibility index (Phi) is 5.62. The van der Waals surface area contributed by atoms with E-state index in [-0.39, 0.29) is 0 Å². The lowest BCUT2D eigenvalue weighted by Gasteiger charge is -2.10. The maximum absolute atomic E-state index is 5.85. The number of imidazole rings is 1. The molecular formula is C16H23N3O. The number of hydrogen-bond donors (Lipinski definition) is 1. The Balaban J connectivity index is 1.91. The molecule has 0 saturated heterocycles. The van der Waals surface area contributed by atoms with Gasteiger partial charge in [0.15, 0.2) is 0 Å². The number of benzene rings is 1. The summed E-state index contributed by atoms with van der Waals surface area (Å²) in [5.74, 6) is 0.907. The second-order valence-electron chi connectivity index (χ2n) is 4.78. The van der Waals surface area contributed by atoms with Crippen molar-refractivity contribution in [2.24, 2.45) is 0 Å². The maximum Gasteiger partial charge on any atom is 0.130 e. The molecule has 1 heterocycles. The van der Waals surface area contributed by atoms with Gasteiger partial charge >= 0.3 is 0 Å². The summed E-state index contributed by atoms with van der Waals surface area (Å²) in [4.78, 5) is 4.15. The molecule has 0 atom stereocenters. The Morgan fingerprint density at radius 2 is 2.20 bits per heavy atom. The molecule has 1 aromatic heterocycles. The molecule has 0 amide bonds. The first kappa shape index (κ1) is 14.6. The Labute approximate surface area is 120 Å². The van der Waals surface area contributed by atoms with Gasteiger partial charge in [0.05, 0.1) is 18.2 Å². The van der Waals surface area contributed by atoms with Crippen molar-refractivity contribution in [1.29, 1.82) is 0 Å². The fraction of sp³-hybridized carbons (Fsp3) is 0.438. The molecule has 0 saturated carbocycles. The van der Waals surface area contributed by atoms with Gasteiger partial charge in [-0.25, -0.2) is 4.98 Å². The number of nitrogens with zero attached hydrogens (tertiary/aromatic N) is 2. The van der Waals surface area contributed by atoms with E-state index in [2.05, 4.69) is 40.8 Å². The van der Waals surface area contributed by atoms with Crippen LogP contribution in [0.25, 0.3) is 0 Å². The first-order valence-electron chi connectivity index (χ1n) is 7.25. The minimum absolute atomic E-state index is 0.555. The zero-order valence-corrected chi connectivity index (χ0v) is 12.3. The van der Waals surface area contributed by atoms with Gasteiger partial charge < -0.3 is 14.6 Å². The van der Waals surface area contributed by atoms with Crippen LogP contribution in [0.3, 0.4) is 0 Å². The van der Waals surface area contributed by atoms with E-state index in [0.717, 1.165) is 37.5 Å². The summed E-state index contributed by atoms with van der Waals surface area (Å²) in [6.45, 7) is 7.67. The largest absolute Gasteiger partial charge is 0.487 e. The second kappa shape index (κ2) is 7.70. The number of hydrogen-bond acceptors (Lipinski definition) is 3. The standard InChI is InChI=1S/C16H23N3O/c1-3-8-17-10-14-6-5-7-16(9-14)20-12-15-11-18-13-19(15)4-2/h5-7,9,11,13,17H,3-4,8,10,12H2,1-2H3. The van der Waals surface area contributed by atoms with Crippen molar-refractivity contribution in [1.82, 2.24) is 14.9 Å². The van der Waals surface area contributed by atoms with Crippen molar-refractivity contribution in [2.75, 3.05) is 6.54 Å². The van der Waals surface area contributed by atoms with Crippen LogP contribution in [-0.2, 0) is 19.7 Å². The second-order valence-corrected chi connectivity index (χ2v) is 4.78. The van der Waals surface area contributed by atoms with Crippen LogP contribution in [0.1, 0.15) is 31.5 Å². The lowest BCUT2D eigenvalue weighted by Crippen LogP contribution is -2.13. The van der Waals surface area contributed by atoms with Crippen molar-refractivity contribution in [3.8, 4) is 5.75 Å². The third-order valence-corrected chi connectivity index (χ3v) is 3.18. The van der Waals surface area contributed by atoms with Crippen LogP contribution in [0.2, 0.25) is 0 Å². The predicted molar refractivity (Wildman–Crippen MR) is 80.7 cm³/mol. The molecule has 0 radical (unpaired) electrons. The smallest absolute Gasteiger partial charge is 0.130 e. The summed E-state index contributed by atoms with van der Waals surface area (Å²) >= 11 is 0. The average molecular weight is 273 g/mol. The molecule has 2 rings (SSSR count). The number of rotatable bonds is 8. The highest BCUT2D eigenvalue weighted by Crippen LogP contribution is 2.15. The van der Waals surface area contributed by atoms with Crippen LogP contribution < -0.4 is 10.1 Å². The minimum atomic E-state index is 0.555. The molecule has 108 valence electrons. The predicted octanol–water partition coefficient (Wildman–Crippen LogP) is 2.98. The molecule has 20 heavy (non-hydrogen) atoms. The van der Waals surface area contributed by atoms with E-state index in [1.165, 1.54) is 5.56 Å². The summed E-state index contributed by atoms with van der Waals surface area (Å²) in [7, 11) is 0. The van der Waals surface area contributed by atoms with Gasteiger partial charge in [0.2, 0.25) is 0 Å². The Morgan fingerprint density at radius 3 is 3.00 bits per heavy atom. The fourth-order valence-corrected chi connectivity index (χ4v) is 2.07. The topological polar surface area (TPSA) is 39.1 Å². The van der Waals surface area contributed by atoms with Gasteiger partial charge in [0.25, 0.3) is 0 Å². The zero-order chi connectivity index (χ0) is 14.2. The Bertz CT molecular complexity index is 522. The van der Waals surface area contributed by atoms with E-state index in [0.29, 0.717) is 6.61 Å². The molecule has 0 spiro atoms. The summed E-state index contributed by atoms with van der Waals surface area (Å²) in [6, 6.07) is 8.24. The fourth-order valence-electron chi connectivity index (χ4n) is 2.07. The van der Waals surface area contributed by atoms with Gasteiger partial charge in [0, 0.05) is 13.1 Å². The lowest BCUT2D eigenvalue weighted by molar-refractivity contribution is 0.295. The quantitative estimate of drug-likeness (QED) is 0.752. The Morgan fingerprint density at radius 1 is 1.30 bits per heavy atom. The van der Waals surface area contributed by atoms with Gasteiger partial charge in [-0.2, -0.15) is 0 Å². The van der Waals surface area contributed by atoms with Crippen molar-refractivity contribution in [2.45, 2.75) is 40.0 Å². The number of aromatic nitrogens is 2. The van der Waals surface area contributed by atoms with Crippen LogP contribution in [0.4, 0.5) is 0 Å². The molecule has 4 nitrogen and oxygen atoms in total. The molecule has 0 aliphatic rings. The van der Waals surface area contributed by atoms with E-state index in [4.69, 9.17) is 4.74 Å². The summed E-state index contributed by atoms with van der Waals surface area (Å²) in [5, 5.41) is 3.40. The maximum atomic E-state index is 5.85. The molecule has 1 aromatic carbocycles. The number of nitrogens with one attached hydrogen (secondary N) is 1. The van der Waals surface area contributed by atoms with Gasteiger partial charge in [-0.1, -0.05) is 19.1 Å². The van der Waals surface area contributed by atoms with Crippen molar-refractivity contribution in [3.63, 3.8) is 0 Å². The van der Waals surface area contributed by atoms with Crippen LogP contribution in [0.15, 0.2) is 36.8 Å². The summed E-state index contributed by atoms with van der Waals surface area (Å²) in [6.07, 6.45) is 4.84. The van der Waals surface area contributed by atoms with Crippen molar-refractivity contribution >= 4 is 0 Å². The molecule has 0 unspecified atom stereocenters. The van der Waals surface area contributed by atoms with Crippen LogP contribution >= 0.6 is 0 Å². The van der Waals surface area contributed by atoms with E-state index in [1.807, 2.05) is 24.7 Å². The molecule has 1 N–H and O–H groups in total. The van der Waals surface area contributed by atoms with Crippen molar-refractivity contribution in [3.05, 3.63) is 48.0 Å². The van der Waals surface area contributed by atoms with Crippen LogP contribution in [0, 0.1) is 0 Å². The molecule has 0 bridgehead atoms. The molecule has 0 aliphatic carbocycles. The Hall–Kier alpha value is -1.81. The highest BCUT2D eigenvalue weighted by Gasteiger charge is 2.02. The highest BCUT2D eigenvalue weighted by molar-refractivity contribution is 5.28. The van der Waals surface area contributed by atoms with Gasteiger partial charge in [-0.15, -0.1) is 0 Å². The number of aryl methyl sites for hydroxylation is 1. The molecular weight excluding hydrogens is 250 g/mol.